The molecule has 3 aliphatic heterocycles. The number of carboxylic acid groups (broad SMARTS) is 1. The number of aliphatic hydroxyl groups is 1. The van der Waals surface area contributed by atoms with E-state index < -0.39 is 24.0 Å². The van der Waals surface area contributed by atoms with E-state index in [-0.39, 0.29) is 22.6 Å². The molecule has 0 aromatic heterocycles. The summed E-state index contributed by atoms with van der Waals surface area (Å²) in [5.74, 6) is -1.66. The van der Waals surface area contributed by atoms with Gasteiger partial charge in [-0.25, -0.2) is 4.79 Å². The Kier molecular flexibility index (Phi) is 3.68. The number of rotatable bonds is 4. The fourth-order valence-corrected chi connectivity index (χ4v) is 5.34. The zero-order valence-corrected chi connectivity index (χ0v) is 12.1. The largest absolute Gasteiger partial charge is 0.480 e. The van der Waals surface area contributed by atoms with Crippen molar-refractivity contribution >= 4 is 23.6 Å². The summed E-state index contributed by atoms with van der Waals surface area (Å²) in [7, 11) is 0. The third-order valence-electron chi connectivity index (χ3n) is 4.38. The van der Waals surface area contributed by atoms with Gasteiger partial charge in [-0.3, -0.25) is 4.79 Å². The molecule has 0 aromatic carbocycles. The highest BCUT2D eigenvalue weighted by molar-refractivity contribution is 8.01. The average Bonchev–Trinajstić information content (AvgIpc) is 2.95. The molecule has 1 amide bonds. The van der Waals surface area contributed by atoms with E-state index in [1.54, 1.807) is 6.92 Å². The highest BCUT2D eigenvalue weighted by Crippen LogP contribution is 2.50. The molecular formula is C13H19NO5S. The van der Waals surface area contributed by atoms with E-state index in [1.807, 2.05) is 0 Å². The van der Waals surface area contributed by atoms with Crippen LogP contribution >= 0.6 is 11.8 Å². The number of nitrogens with zero attached hydrogens (tertiary/aromatic N) is 1. The number of carbonyl (C=O) groups is 2. The maximum absolute atomic E-state index is 12.0. The minimum absolute atomic E-state index is 0.105. The van der Waals surface area contributed by atoms with Crippen LogP contribution in [0.3, 0.4) is 0 Å². The molecule has 0 radical (unpaired) electrons. The van der Waals surface area contributed by atoms with Gasteiger partial charge in [0.15, 0.2) is 0 Å². The lowest BCUT2D eigenvalue weighted by atomic mass is 9.90. The van der Waals surface area contributed by atoms with Gasteiger partial charge in [0.1, 0.15) is 6.04 Å². The standard InChI is InChI=1S/C13H19NO5S/c1-6(15)9-11(16)14-10(13(17)18)8(20-12(9)14)5-7-3-2-4-19-7/h6-10,12,15H,2-5H2,1H3,(H,17,18)/t6-,7?,8?,9+,10?,12?/m1/s1. The molecule has 0 aliphatic carbocycles. The molecule has 4 unspecified atom stereocenters. The van der Waals surface area contributed by atoms with Crippen molar-refractivity contribution in [2.75, 3.05) is 6.61 Å². The van der Waals surface area contributed by atoms with Gasteiger partial charge in [0.2, 0.25) is 5.91 Å². The molecule has 7 heteroatoms. The van der Waals surface area contributed by atoms with Crippen molar-refractivity contribution in [3.05, 3.63) is 0 Å². The molecule has 3 saturated heterocycles. The molecule has 20 heavy (non-hydrogen) atoms. The third kappa shape index (κ3) is 2.12. The number of aliphatic hydroxyl groups excluding tert-OH is 1. The maximum Gasteiger partial charge on any atom is 0.327 e. The SMILES string of the molecule is C[C@@H](O)[C@H]1C(=O)N2C(C(=O)O)C(CC3CCCO3)SC12. The summed E-state index contributed by atoms with van der Waals surface area (Å²) in [6.07, 6.45) is 2.01. The molecule has 3 aliphatic rings. The zero-order valence-electron chi connectivity index (χ0n) is 11.3. The number of fused-ring (bicyclic) bond motifs is 1. The second-order valence-electron chi connectivity index (χ2n) is 5.73. The van der Waals surface area contributed by atoms with E-state index in [4.69, 9.17) is 4.74 Å². The summed E-state index contributed by atoms with van der Waals surface area (Å²) >= 11 is 1.51. The van der Waals surface area contributed by atoms with Crippen LogP contribution in [0, 0.1) is 5.92 Å². The quantitative estimate of drug-likeness (QED) is 0.726. The van der Waals surface area contributed by atoms with E-state index >= 15 is 0 Å². The summed E-state index contributed by atoms with van der Waals surface area (Å²) in [6, 6.07) is -0.781. The van der Waals surface area contributed by atoms with Crippen molar-refractivity contribution in [3.8, 4) is 0 Å². The Balaban J connectivity index is 1.74. The van der Waals surface area contributed by atoms with Crippen LogP contribution in [0.1, 0.15) is 26.2 Å². The van der Waals surface area contributed by atoms with E-state index in [1.165, 1.54) is 16.7 Å². The molecular weight excluding hydrogens is 282 g/mol. The van der Waals surface area contributed by atoms with Crippen molar-refractivity contribution in [2.24, 2.45) is 5.92 Å². The molecule has 3 heterocycles. The first kappa shape index (κ1) is 14.2. The van der Waals surface area contributed by atoms with Gasteiger partial charge in [-0.05, 0) is 26.2 Å². The van der Waals surface area contributed by atoms with Crippen molar-refractivity contribution in [1.29, 1.82) is 0 Å². The molecule has 2 N–H and O–H groups in total. The first-order valence-electron chi connectivity index (χ1n) is 7.01. The molecule has 6 atom stereocenters. The summed E-state index contributed by atoms with van der Waals surface area (Å²) in [5, 5.41) is 18.7. The van der Waals surface area contributed by atoms with Crippen molar-refractivity contribution < 1.29 is 24.5 Å². The highest BCUT2D eigenvalue weighted by Gasteiger charge is 2.61. The Hall–Kier alpha value is -0.790. The Morgan fingerprint density at radius 1 is 1.60 bits per heavy atom. The third-order valence-corrected chi connectivity index (χ3v) is 5.98. The molecule has 3 rings (SSSR count). The molecule has 112 valence electrons. The van der Waals surface area contributed by atoms with Gasteiger partial charge in [0.05, 0.1) is 23.5 Å². The van der Waals surface area contributed by atoms with Gasteiger partial charge < -0.3 is 19.8 Å². The van der Waals surface area contributed by atoms with Crippen LogP contribution in [-0.2, 0) is 14.3 Å². The van der Waals surface area contributed by atoms with Crippen LogP contribution in [-0.4, -0.2) is 62.5 Å². The number of β-lactam (4-membered cyclic amide) rings is 1. The van der Waals surface area contributed by atoms with Gasteiger partial charge in [-0.1, -0.05) is 0 Å². The summed E-state index contributed by atoms with van der Waals surface area (Å²) < 4.78 is 5.58. The Labute approximate surface area is 121 Å². The fourth-order valence-electron chi connectivity index (χ4n) is 3.39. The topological polar surface area (TPSA) is 87.1 Å². The number of aliphatic carboxylic acids is 1. The first-order valence-corrected chi connectivity index (χ1v) is 7.95. The summed E-state index contributed by atoms with van der Waals surface area (Å²) in [4.78, 5) is 25.0. The lowest BCUT2D eigenvalue weighted by Gasteiger charge is -2.44. The normalized spacial score (nSPS) is 41.4. The van der Waals surface area contributed by atoms with Crippen LogP contribution < -0.4 is 0 Å². The highest BCUT2D eigenvalue weighted by atomic mass is 32.2. The Morgan fingerprint density at radius 2 is 2.35 bits per heavy atom. The number of carboxylic acids is 1. The lowest BCUT2D eigenvalue weighted by Crippen LogP contribution is -2.64. The Morgan fingerprint density at radius 3 is 2.90 bits per heavy atom. The predicted molar refractivity (Wildman–Crippen MR) is 72.2 cm³/mol. The van der Waals surface area contributed by atoms with Crippen LogP contribution in [0.25, 0.3) is 0 Å². The summed E-state index contributed by atoms with van der Waals surface area (Å²) in [5.41, 5.74) is 0. The second kappa shape index (κ2) is 5.20. The average molecular weight is 301 g/mol. The molecule has 0 saturated carbocycles. The number of hydrogen-bond donors (Lipinski definition) is 2. The van der Waals surface area contributed by atoms with Gasteiger partial charge in [-0.15, -0.1) is 11.8 Å². The van der Waals surface area contributed by atoms with Gasteiger partial charge in [0.25, 0.3) is 0 Å². The van der Waals surface area contributed by atoms with Crippen LogP contribution in [0.4, 0.5) is 0 Å². The number of hydrogen-bond acceptors (Lipinski definition) is 5. The van der Waals surface area contributed by atoms with Crippen molar-refractivity contribution in [3.63, 3.8) is 0 Å². The Bertz CT molecular complexity index is 423. The molecule has 3 fully saturated rings. The van der Waals surface area contributed by atoms with Crippen LogP contribution in [0.15, 0.2) is 0 Å². The maximum atomic E-state index is 12.0. The van der Waals surface area contributed by atoms with Crippen LogP contribution in [0.2, 0.25) is 0 Å². The van der Waals surface area contributed by atoms with Gasteiger partial charge in [0, 0.05) is 11.9 Å². The number of carbonyl (C=O) groups excluding carboxylic acids is 1. The van der Waals surface area contributed by atoms with E-state index in [0.29, 0.717) is 6.42 Å². The summed E-state index contributed by atoms with van der Waals surface area (Å²) in [6.45, 7) is 2.33. The number of ether oxygens (including phenoxy) is 1. The second-order valence-corrected chi connectivity index (χ2v) is 7.09. The smallest absolute Gasteiger partial charge is 0.327 e. The molecule has 0 aromatic rings. The number of amides is 1. The van der Waals surface area contributed by atoms with E-state index in [2.05, 4.69) is 0 Å². The number of thioether (sulfide) groups is 1. The fraction of sp³-hybridized carbons (Fsp3) is 0.846. The van der Waals surface area contributed by atoms with E-state index in [0.717, 1.165) is 19.4 Å². The lowest BCUT2D eigenvalue weighted by molar-refractivity contribution is -0.167. The van der Waals surface area contributed by atoms with Crippen molar-refractivity contribution in [2.45, 2.75) is 55.1 Å². The first-order chi connectivity index (χ1) is 9.50. The molecule has 0 spiro atoms. The molecule has 6 nitrogen and oxygen atoms in total. The van der Waals surface area contributed by atoms with Gasteiger partial charge >= 0.3 is 5.97 Å². The van der Waals surface area contributed by atoms with Crippen molar-refractivity contribution in [1.82, 2.24) is 4.90 Å². The molecule has 0 bridgehead atoms. The van der Waals surface area contributed by atoms with Crippen LogP contribution in [0.5, 0.6) is 0 Å². The minimum Gasteiger partial charge on any atom is -0.480 e. The van der Waals surface area contributed by atoms with Gasteiger partial charge in [-0.2, -0.15) is 0 Å². The zero-order chi connectivity index (χ0) is 14.4. The monoisotopic (exact) mass is 301 g/mol. The predicted octanol–water partition coefficient (Wildman–Crippen LogP) is 0.289. The van der Waals surface area contributed by atoms with E-state index in [9.17, 15) is 19.8 Å². The minimum atomic E-state index is -0.958.